The number of carboxylic acid groups (broad SMARTS) is 1. The van der Waals surface area contributed by atoms with Crippen molar-refractivity contribution < 1.29 is 24.2 Å². The molecule has 2 aromatic carbocycles. The third kappa shape index (κ3) is 5.50. The maximum atomic E-state index is 13.0. The predicted octanol–water partition coefficient (Wildman–Crippen LogP) is 4.80. The number of benzene rings is 2. The molecule has 1 aliphatic carbocycles. The van der Waals surface area contributed by atoms with Crippen LogP contribution < -0.4 is 5.32 Å². The zero-order valence-electron chi connectivity index (χ0n) is 20.4. The highest BCUT2D eigenvalue weighted by Crippen LogP contribution is 2.44. The summed E-state index contributed by atoms with van der Waals surface area (Å²) in [5, 5.41) is 12.4. The van der Waals surface area contributed by atoms with Crippen molar-refractivity contribution >= 4 is 18.0 Å². The molecule has 1 heterocycles. The number of fused-ring (bicyclic) bond motifs is 3. The van der Waals surface area contributed by atoms with Crippen molar-refractivity contribution in [2.45, 2.75) is 64.0 Å². The second-order valence-corrected chi connectivity index (χ2v) is 9.74. The second-order valence-electron chi connectivity index (χ2n) is 9.74. The van der Waals surface area contributed by atoms with Gasteiger partial charge in [0, 0.05) is 24.9 Å². The van der Waals surface area contributed by atoms with E-state index in [9.17, 15) is 19.5 Å². The molecule has 3 atom stereocenters. The van der Waals surface area contributed by atoms with Crippen LogP contribution in [0.3, 0.4) is 0 Å². The first-order chi connectivity index (χ1) is 16.9. The van der Waals surface area contributed by atoms with E-state index in [1.807, 2.05) is 38.1 Å². The van der Waals surface area contributed by atoms with E-state index in [-0.39, 0.29) is 30.8 Å². The number of alkyl carbamates (subject to hydrolysis) is 1. The van der Waals surface area contributed by atoms with Gasteiger partial charge in [0.25, 0.3) is 0 Å². The molecule has 2 aliphatic rings. The maximum Gasteiger partial charge on any atom is 0.407 e. The number of amides is 2. The summed E-state index contributed by atoms with van der Waals surface area (Å²) in [5.74, 6) is -0.983. The fraction of sp³-hybridized carbons (Fsp3) is 0.464. The molecule has 0 radical (unpaired) electrons. The lowest BCUT2D eigenvalue weighted by molar-refractivity contribution is -0.153. The van der Waals surface area contributed by atoms with Crippen LogP contribution in [0.25, 0.3) is 11.1 Å². The van der Waals surface area contributed by atoms with Crippen LogP contribution in [0.1, 0.15) is 63.0 Å². The molecule has 0 aromatic heterocycles. The monoisotopic (exact) mass is 478 g/mol. The number of aliphatic carboxylic acids is 1. The summed E-state index contributed by atoms with van der Waals surface area (Å²) in [7, 11) is 0. The zero-order valence-corrected chi connectivity index (χ0v) is 20.4. The molecule has 2 amide bonds. The van der Waals surface area contributed by atoms with Crippen LogP contribution in [0, 0.1) is 5.92 Å². The molecule has 35 heavy (non-hydrogen) atoms. The molecule has 2 aromatic rings. The molecular weight excluding hydrogens is 444 g/mol. The summed E-state index contributed by atoms with van der Waals surface area (Å²) in [4.78, 5) is 38.9. The predicted molar refractivity (Wildman–Crippen MR) is 133 cm³/mol. The second kappa shape index (κ2) is 10.9. The van der Waals surface area contributed by atoms with E-state index in [0.717, 1.165) is 35.1 Å². The Morgan fingerprint density at radius 1 is 1.06 bits per heavy atom. The molecule has 3 unspecified atom stereocenters. The maximum absolute atomic E-state index is 13.0. The summed E-state index contributed by atoms with van der Waals surface area (Å²) in [6, 6.07) is 15.1. The van der Waals surface area contributed by atoms with Gasteiger partial charge in [0.15, 0.2) is 0 Å². The van der Waals surface area contributed by atoms with Crippen LogP contribution in [-0.2, 0) is 14.3 Å². The van der Waals surface area contributed by atoms with Gasteiger partial charge in [-0.15, -0.1) is 0 Å². The fourth-order valence-corrected chi connectivity index (χ4v) is 5.39. The first-order valence-electron chi connectivity index (χ1n) is 12.5. The molecule has 7 heteroatoms. The van der Waals surface area contributed by atoms with Gasteiger partial charge in [0.1, 0.15) is 12.6 Å². The normalized spacial score (nSPS) is 20.0. The van der Waals surface area contributed by atoms with Gasteiger partial charge in [0.2, 0.25) is 5.91 Å². The average Bonchev–Trinajstić information content (AvgIpc) is 3.16. The minimum atomic E-state index is -0.971. The van der Waals surface area contributed by atoms with Gasteiger partial charge in [-0.3, -0.25) is 4.79 Å². The van der Waals surface area contributed by atoms with Crippen molar-refractivity contribution in [3.8, 4) is 11.1 Å². The van der Waals surface area contributed by atoms with Crippen molar-refractivity contribution in [3.05, 3.63) is 59.7 Å². The number of likely N-dealkylation sites (tertiary alicyclic amines) is 1. The highest BCUT2D eigenvalue weighted by molar-refractivity contribution is 5.84. The average molecular weight is 479 g/mol. The number of piperidine rings is 1. The van der Waals surface area contributed by atoms with Crippen LogP contribution in [0.15, 0.2) is 48.5 Å². The Morgan fingerprint density at radius 2 is 1.69 bits per heavy atom. The lowest BCUT2D eigenvalue weighted by Crippen LogP contribution is -2.51. The van der Waals surface area contributed by atoms with Gasteiger partial charge in [-0.2, -0.15) is 0 Å². The summed E-state index contributed by atoms with van der Waals surface area (Å²) in [6.07, 6.45) is 2.14. The summed E-state index contributed by atoms with van der Waals surface area (Å²) in [6.45, 7) is 4.65. The number of carbonyl (C=O) groups excluding carboxylic acids is 2. The summed E-state index contributed by atoms with van der Waals surface area (Å²) in [5.41, 5.74) is 4.60. The molecule has 1 saturated heterocycles. The Kier molecular flexibility index (Phi) is 7.73. The summed E-state index contributed by atoms with van der Waals surface area (Å²) < 4.78 is 5.65. The molecular formula is C28H34N2O5. The van der Waals surface area contributed by atoms with E-state index < -0.39 is 24.1 Å². The Morgan fingerprint density at radius 3 is 2.29 bits per heavy atom. The molecule has 4 rings (SSSR count). The van der Waals surface area contributed by atoms with Crippen LogP contribution in [0.2, 0.25) is 0 Å². The number of carbonyl (C=O) groups is 3. The van der Waals surface area contributed by atoms with E-state index in [1.54, 1.807) is 0 Å². The molecule has 186 valence electrons. The fourth-order valence-electron chi connectivity index (χ4n) is 5.39. The van der Waals surface area contributed by atoms with Crippen molar-refractivity contribution in [1.82, 2.24) is 10.2 Å². The van der Waals surface area contributed by atoms with Crippen molar-refractivity contribution in [2.24, 2.45) is 5.92 Å². The van der Waals surface area contributed by atoms with E-state index in [4.69, 9.17) is 4.74 Å². The molecule has 0 bridgehead atoms. The van der Waals surface area contributed by atoms with E-state index in [1.165, 1.54) is 4.90 Å². The van der Waals surface area contributed by atoms with Crippen molar-refractivity contribution in [2.75, 3.05) is 13.2 Å². The number of hydrogen-bond acceptors (Lipinski definition) is 4. The molecule has 2 N–H and O–H groups in total. The highest BCUT2D eigenvalue weighted by Gasteiger charge is 2.35. The quantitative estimate of drug-likeness (QED) is 0.568. The third-order valence-electron chi connectivity index (χ3n) is 7.15. The molecule has 7 nitrogen and oxygen atoms in total. The summed E-state index contributed by atoms with van der Waals surface area (Å²) >= 11 is 0. The van der Waals surface area contributed by atoms with Gasteiger partial charge in [-0.1, -0.05) is 68.8 Å². The number of rotatable bonds is 8. The molecule has 0 spiro atoms. The van der Waals surface area contributed by atoms with Gasteiger partial charge in [0.05, 0.1) is 0 Å². The minimum Gasteiger partial charge on any atom is -0.480 e. The Labute approximate surface area is 206 Å². The Balaban J connectivity index is 1.38. The van der Waals surface area contributed by atoms with Crippen LogP contribution in [-0.4, -0.2) is 53.2 Å². The lowest BCUT2D eigenvalue weighted by atomic mass is 9.93. The van der Waals surface area contributed by atoms with Crippen molar-refractivity contribution in [3.63, 3.8) is 0 Å². The number of nitrogens with one attached hydrogen (secondary N) is 1. The number of nitrogens with zero attached hydrogens (tertiary/aromatic N) is 1. The topological polar surface area (TPSA) is 95.9 Å². The first-order valence-corrected chi connectivity index (χ1v) is 12.5. The largest absolute Gasteiger partial charge is 0.480 e. The van der Waals surface area contributed by atoms with E-state index in [0.29, 0.717) is 19.4 Å². The van der Waals surface area contributed by atoms with E-state index in [2.05, 4.69) is 29.6 Å². The molecule has 1 aliphatic heterocycles. The smallest absolute Gasteiger partial charge is 0.407 e. The molecule has 0 saturated carbocycles. The zero-order chi connectivity index (χ0) is 24.9. The number of hydrogen-bond donors (Lipinski definition) is 2. The highest BCUT2D eigenvalue weighted by atomic mass is 16.5. The SMILES string of the molecule is CCCC(CC(=O)N1CC(C)CCC1C(=O)O)NC(=O)OCC1c2ccccc2-c2ccccc21. The third-order valence-corrected chi connectivity index (χ3v) is 7.15. The van der Waals surface area contributed by atoms with Crippen LogP contribution in [0.5, 0.6) is 0 Å². The molecule has 1 fully saturated rings. The Hall–Kier alpha value is -3.35. The van der Waals surface area contributed by atoms with Gasteiger partial charge in [-0.25, -0.2) is 9.59 Å². The van der Waals surface area contributed by atoms with Crippen LogP contribution in [0.4, 0.5) is 4.79 Å². The van der Waals surface area contributed by atoms with Gasteiger partial charge >= 0.3 is 12.1 Å². The van der Waals surface area contributed by atoms with Gasteiger partial charge in [-0.05, 0) is 47.4 Å². The standard InChI is InChI=1S/C28H34N2O5/c1-3-8-19(15-26(31)30-16-18(2)13-14-25(30)27(32)33)29-28(34)35-17-24-22-11-6-4-9-20(22)21-10-5-7-12-23(21)24/h4-7,9-12,18-19,24-25H,3,8,13-17H2,1-2H3,(H,29,34)(H,32,33). The lowest BCUT2D eigenvalue weighted by Gasteiger charge is -2.37. The first kappa shape index (κ1) is 24.8. The van der Waals surface area contributed by atoms with Crippen molar-refractivity contribution in [1.29, 1.82) is 0 Å². The Bertz CT molecular complexity index is 1040. The minimum absolute atomic E-state index is 0.0365. The van der Waals surface area contributed by atoms with E-state index >= 15 is 0 Å². The number of ether oxygens (including phenoxy) is 1. The number of carboxylic acids is 1. The van der Waals surface area contributed by atoms with Gasteiger partial charge < -0.3 is 20.1 Å². The van der Waals surface area contributed by atoms with Crippen LogP contribution >= 0.6 is 0 Å².